The summed E-state index contributed by atoms with van der Waals surface area (Å²) in [7, 11) is 0. The molecule has 2 fully saturated rings. The summed E-state index contributed by atoms with van der Waals surface area (Å²) in [5, 5.41) is 19.9. The number of carboxylic acids is 1. The van der Waals surface area contributed by atoms with Crippen molar-refractivity contribution in [2.24, 2.45) is 0 Å². The molecule has 1 saturated heterocycles. The molecule has 3 rings (SSSR count). The van der Waals surface area contributed by atoms with Crippen molar-refractivity contribution in [3.63, 3.8) is 0 Å². The van der Waals surface area contributed by atoms with Crippen molar-refractivity contribution < 1.29 is 19.8 Å². The number of rotatable bonds is 3. The maximum atomic E-state index is 12.9. The summed E-state index contributed by atoms with van der Waals surface area (Å²) in [5.74, 6) is -1.37. The monoisotopic (exact) mass is 323 g/mol. The molecule has 1 aromatic rings. The zero-order valence-corrected chi connectivity index (χ0v) is 12.8. The number of amides is 1. The summed E-state index contributed by atoms with van der Waals surface area (Å²) in [6, 6.07) is 7.24. The standard InChI is InChI=1S/C16H18ClNO4/c17-12-4-1-3-11(9-12)15(6-7-15)13(19)18-8-2-5-16(22,10-18)14(20)21/h1,3-4,9,22H,2,5-8,10H2,(H,20,21). The van der Waals surface area contributed by atoms with Gasteiger partial charge in [0.05, 0.1) is 12.0 Å². The van der Waals surface area contributed by atoms with Crippen molar-refractivity contribution >= 4 is 23.5 Å². The van der Waals surface area contributed by atoms with Crippen LogP contribution >= 0.6 is 11.6 Å². The summed E-state index contributed by atoms with van der Waals surface area (Å²) in [6.07, 6.45) is 2.12. The molecule has 6 heteroatoms. The summed E-state index contributed by atoms with van der Waals surface area (Å²) >= 11 is 6.01. The van der Waals surface area contributed by atoms with Crippen LogP contribution in [0.15, 0.2) is 24.3 Å². The van der Waals surface area contributed by atoms with Crippen LogP contribution in [0.2, 0.25) is 5.02 Å². The number of aliphatic carboxylic acids is 1. The van der Waals surface area contributed by atoms with Crippen LogP contribution in [0.3, 0.4) is 0 Å². The van der Waals surface area contributed by atoms with E-state index in [1.807, 2.05) is 12.1 Å². The Hall–Kier alpha value is -1.59. The van der Waals surface area contributed by atoms with Gasteiger partial charge in [0.2, 0.25) is 5.91 Å². The van der Waals surface area contributed by atoms with Crippen LogP contribution in [-0.4, -0.2) is 45.7 Å². The van der Waals surface area contributed by atoms with E-state index in [4.69, 9.17) is 16.7 Å². The van der Waals surface area contributed by atoms with E-state index in [2.05, 4.69) is 0 Å². The van der Waals surface area contributed by atoms with Gasteiger partial charge in [-0.2, -0.15) is 0 Å². The lowest BCUT2D eigenvalue weighted by atomic mass is 9.89. The number of hydrogen-bond acceptors (Lipinski definition) is 3. The number of carbonyl (C=O) groups is 2. The van der Waals surface area contributed by atoms with Crippen LogP contribution in [0.25, 0.3) is 0 Å². The second-order valence-electron chi connectivity index (χ2n) is 6.26. The van der Waals surface area contributed by atoms with Crippen molar-refractivity contribution in [3.05, 3.63) is 34.9 Å². The number of halogens is 1. The normalized spacial score (nSPS) is 26.5. The number of carboxylic acid groups (broad SMARTS) is 1. The van der Waals surface area contributed by atoms with E-state index in [-0.39, 0.29) is 18.9 Å². The number of likely N-dealkylation sites (tertiary alicyclic amines) is 1. The Labute approximate surface area is 133 Å². The average molecular weight is 324 g/mol. The molecule has 0 spiro atoms. The van der Waals surface area contributed by atoms with Crippen molar-refractivity contribution in [1.82, 2.24) is 4.90 Å². The van der Waals surface area contributed by atoms with Gasteiger partial charge < -0.3 is 15.1 Å². The van der Waals surface area contributed by atoms with Crippen LogP contribution in [0, 0.1) is 0 Å². The molecule has 1 unspecified atom stereocenters. The lowest BCUT2D eigenvalue weighted by molar-refractivity contribution is -0.167. The number of nitrogens with zero attached hydrogens (tertiary/aromatic N) is 1. The first-order chi connectivity index (χ1) is 10.4. The molecular formula is C16H18ClNO4. The summed E-state index contributed by atoms with van der Waals surface area (Å²) in [5.41, 5.74) is -1.56. The van der Waals surface area contributed by atoms with Gasteiger partial charge >= 0.3 is 5.97 Å². The predicted molar refractivity (Wildman–Crippen MR) is 80.8 cm³/mol. The molecule has 1 saturated carbocycles. The Morgan fingerprint density at radius 3 is 2.55 bits per heavy atom. The third-order valence-electron chi connectivity index (χ3n) is 4.69. The summed E-state index contributed by atoms with van der Waals surface area (Å²) in [6.45, 7) is 0.334. The average Bonchev–Trinajstić information content (AvgIpc) is 3.28. The van der Waals surface area contributed by atoms with E-state index >= 15 is 0 Å². The maximum absolute atomic E-state index is 12.9. The summed E-state index contributed by atoms with van der Waals surface area (Å²) < 4.78 is 0. The lowest BCUT2D eigenvalue weighted by Gasteiger charge is -2.38. The predicted octanol–water partition coefficient (Wildman–Crippen LogP) is 1.81. The molecule has 0 radical (unpaired) electrons. The molecule has 5 nitrogen and oxygen atoms in total. The smallest absolute Gasteiger partial charge is 0.337 e. The Kier molecular flexibility index (Phi) is 3.65. The van der Waals surface area contributed by atoms with Crippen LogP contribution in [-0.2, 0) is 15.0 Å². The SMILES string of the molecule is O=C(O)C1(O)CCCN(C(=O)C2(c3cccc(Cl)c3)CC2)C1. The second kappa shape index (κ2) is 5.25. The number of hydrogen-bond donors (Lipinski definition) is 2. The van der Waals surface area contributed by atoms with Gasteiger partial charge in [0.15, 0.2) is 5.60 Å². The van der Waals surface area contributed by atoms with E-state index in [0.717, 1.165) is 18.4 Å². The van der Waals surface area contributed by atoms with Gasteiger partial charge in [-0.25, -0.2) is 4.79 Å². The Balaban J connectivity index is 1.83. The second-order valence-corrected chi connectivity index (χ2v) is 6.70. The highest BCUT2D eigenvalue weighted by Crippen LogP contribution is 2.50. The van der Waals surface area contributed by atoms with Gasteiger partial charge in [-0.15, -0.1) is 0 Å². The van der Waals surface area contributed by atoms with Crippen molar-refractivity contribution in [1.29, 1.82) is 0 Å². The molecule has 1 aromatic carbocycles. The Bertz CT molecular complexity index is 628. The van der Waals surface area contributed by atoms with Crippen LogP contribution in [0.4, 0.5) is 0 Å². The number of carbonyl (C=O) groups excluding carboxylic acids is 1. The Morgan fingerprint density at radius 1 is 1.23 bits per heavy atom. The highest BCUT2D eigenvalue weighted by Gasteiger charge is 2.55. The van der Waals surface area contributed by atoms with Crippen LogP contribution in [0.5, 0.6) is 0 Å². The molecule has 1 heterocycles. The van der Waals surface area contributed by atoms with Gasteiger partial charge in [-0.3, -0.25) is 4.79 Å². The van der Waals surface area contributed by atoms with Crippen molar-refractivity contribution in [3.8, 4) is 0 Å². The zero-order chi connectivity index (χ0) is 16.0. The highest BCUT2D eigenvalue weighted by molar-refractivity contribution is 6.30. The fraction of sp³-hybridized carbons (Fsp3) is 0.500. The molecule has 2 N–H and O–H groups in total. The number of piperidine rings is 1. The highest BCUT2D eigenvalue weighted by atomic mass is 35.5. The van der Waals surface area contributed by atoms with Crippen molar-refractivity contribution in [2.75, 3.05) is 13.1 Å². The van der Waals surface area contributed by atoms with E-state index in [0.29, 0.717) is 18.0 Å². The maximum Gasteiger partial charge on any atom is 0.337 e. The molecule has 0 aromatic heterocycles. The molecule has 22 heavy (non-hydrogen) atoms. The third-order valence-corrected chi connectivity index (χ3v) is 4.93. The van der Waals surface area contributed by atoms with E-state index in [9.17, 15) is 14.7 Å². The van der Waals surface area contributed by atoms with Gasteiger partial charge in [0, 0.05) is 11.6 Å². The first kappa shape index (κ1) is 15.3. The molecule has 118 valence electrons. The topological polar surface area (TPSA) is 77.8 Å². The molecular weight excluding hydrogens is 306 g/mol. The molecule has 1 amide bonds. The minimum atomic E-state index is -1.83. The third kappa shape index (κ3) is 2.48. The van der Waals surface area contributed by atoms with Gasteiger partial charge in [0.1, 0.15) is 0 Å². The molecule has 1 aliphatic carbocycles. The zero-order valence-electron chi connectivity index (χ0n) is 12.1. The van der Waals surface area contributed by atoms with Crippen molar-refractivity contribution in [2.45, 2.75) is 36.7 Å². The quantitative estimate of drug-likeness (QED) is 0.889. The molecule has 0 bridgehead atoms. The van der Waals surface area contributed by atoms with E-state index in [1.54, 1.807) is 12.1 Å². The minimum Gasteiger partial charge on any atom is -0.479 e. The van der Waals surface area contributed by atoms with Gasteiger partial charge in [0.25, 0.3) is 0 Å². The minimum absolute atomic E-state index is 0.103. The summed E-state index contributed by atoms with van der Waals surface area (Å²) in [4.78, 5) is 25.6. The lowest BCUT2D eigenvalue weighted by Crippen LogP contribution is -2.56. The van der Waals surface area contributed by atoms with Crippen LogP contribution < -0.4 is 0 Å². The Morgan fingerprint density at radius 2 is 1.95 bits per heavy atom. The molecule has 2 aliphatic rings. The largest absolute Gasteiger partial charge is 0.479 e. The number of aliphatic hydroxyl groups is 1. The van der Waals surface area contributed by atoms with E-state index < -0.39 is 17.0 Å². The van der Waals surface area contributed by atoms with Gasteiger partial charge in [-0.05, 0) is 43.4 Å². The first-order valence-corrected chi connectivity index (χ1v) is 7.76. The molecule has 1 atom stereocenters. The first-order valence-electron chi connectivity index (χ1n) is 7.39. The fourth-order valence-electron chi connectivity index (χ4n) is 3.22. The van der Waals surface area contributed by atoms with Gasteiger partial charge in [-0.1, -0.05) is 23.7 Å². The fourth-order valence-corrected chi connectivity index (χ4v) is 3.41. The molecule has 1 aliphatic heterocycles. The van der Waals surface area contributed by atoms with E-state index in [1.165, 1.54) is 4.90 Å². The number of β-amino-alcohol motifs (C(OH)–C–C–N with tert-alkyl or cyclic N) is 1. The number of benzene rings is 1. The van der Waals surface area contributed by atoms with Crippen LogP contribution in [0.1, 0.15) is 31.2 Å².